The predicted octanol–water partition coefficient (Wildman–Crippen LogP) is 2.44. The standard InChI is InChI=1S/C23H26FN3O6S/c1-14(2)33-17-4-6-18(7-5-17)34(31,32)26-11-15(13-28)22(12-26)27-21-9-16(24)3-8-19(21)20(25-27)10-23(29)30/h3-9,14-15,22,28H,10-13H2,1-2H3,(H,29,30)/t15-,22-/m0/s1. The molecular formula is C23H26FN3O6S. The van der Waals surface area contributed by atoms with Crippen LogP contribution >= 0.6 is 0 Å². The molecule has 0 aliphatic carbocycles. The Morgan fingerprint density at radius 1 is 1.21 bits per heavy atom. The lowest BCUT2D eigenvalue weighted by Crippen LogP contribution is -2.29. The quantitative estimate of drug-likeness (QED) is 0.496. The summed E-state index contributed by atoms with van der Waals surface area (Å²) in [4.78, 5) is 11.4. The van der Waals surface area contributed by atoms with E-state index < -0.39 is 33.8 Å². The molecule has 1 aliphatic rings. The number of carboxylic acid groups (broad SMARTS) is 1. The molecule has 9 nitrogen and oxygen atoms in total. The fourth-order valence-electron chi connectivity index (χ4n) is 4.28. The maximum atomic E-state index is 14.0. The van der Waals surface area contributed by atoms with Crippen molar-refractivity contribution in [3.05, 3.63) is 54.0 Å². The molecule has 2 atom stereocenters. The van der Waals surface area contributed by atoms with Crippen LogP contribution in [0.3, 0.4) is 0 Å². The predicted molar refractivity (Wildman–Crippen MR) is 122 cm³/mol. The van der Waals surface area contributed by atoms with E-state index in [4.69, 9.17) is 4.74 Å². The highest BCUT2D eigenvalue weighted by atomic mass is 32.2. The Morgan fingerprint density at radius 2 is 1.91 bits per heavy atom. The molecule has 182 valence electrons. The van der Waals surface area contributed by atoms with Gasteiger partial charge in [0.2, 0.25) is 10.0 Å². The summed E-state index contributed by atoms with van der Waals surface area (Å²) in [5, 5.41) is 24.1. The second kappa shape index (κ2) is 9.32. The van der Waals surface area contributed by atoms with E-state index in [1.807, 2.05) is 13.8 Å². The van der Waals surface area contributed by atoms with Crippen LogP contribution in [0.25, 0.3) is 10.9 Å². The summed E-state index contributed by atoms with van der Waals surface area (Å²) in [5.41, 5.74) is 0.607. The van der Waals surface area contributed by atoms with E-state index in [1.54, 1.807) is 12.1 Å². The van der Waals surface area contributed by atoms with Crippen LogP contribution in [0.5, 0.6) is 5.75 Å². The SMILES string of the molecule is CC(C)Oc1ccc(S(=O)(=O)N2C[C@@H](CO)[C@@H](n3nc(CC(=O)O)c4ccc(F)cc43)C2)cc1. The molecule has 0 saturated carbocycles. The van der Waals surface area contributed by atoms with Crippen LogP contribution in [0.4, 0.5) is 4.39 Å². The highest BCUT2D eigenvalue weighted by Crippen LogP contribution is 2.35. The lowest BCUT2D eigenvalue weighted by Gasteiger charge is -2.18. The summed E-state index contributed by atoms with van der Waals surface area (Å²) in [6.45, 7) is 3.46. The summed E-state index contributed by atoms with van der Waals surface area (Å²) >= 11 is 0. The summed E-state index contributed by atoms with van der Waals surface area (Å²) in [5.74, 6) is -1.57. The Bertz CT molecular complexity index is 1310. The normalized spacial score (nSPS) is 19.2. The third-order valence-corrected chi connectivity index (χ3v) is 7.67. The number of halogens is 1. The molecule has 2 N–H and O–H groups in total. The molecule has 4 rings (SSSR count). The number of aliphatic hydroxyl groups excluding tert-OH is 1. The van der Waals surface area contributed by atoms with Crippen molar-refractivity contribution in [2.45, 2.75) is 37.3 Å². The Labute approximate surface area is 196 Å². The van der Waals surface area contributed by atoms with Gasteiger partial charge in [0.05, 0.1) is 34.7 Å². The molecule has 1 aromatic heterocycles. The maximum Gasteiger partial charge on any atom is 0.309 e. The number of benzene rings is 2. The van der Waals surface area contributed by atoms with Crippen molar-refractivity contribution in [1.29, 1.82) is 0 Å². The first kappa shape index (κ1) is 24.1. The number of aromatic nitrogens is 2. The molecule has 1 fully saturated rings. The number of fused-ring (bicyclic) bond motifs is 1. The number of aliphatic hydroxyl groups is 1. The van der Waals surface area contributed by atoms with Gasteiger partial charge in [-0.2, -0.15) is 9.40 Å². The fourth-order valence-corrected chi connectivity index (χ4v) is 5.80. The highest BCUT2D eigenvalue weighted by molar-refractivity contribution is 7.89. The number of rotatable bonds is 8. The van der Waals surface area contributed by atoms with Crippen LogP contribution in [-0.2, 0) is 21.2 Å². The Hall–Kier alpha value is -3.02. The third-order valence-electron chi connectivity index (χ3n) is 5.82. The van der Waals surface area contributed by atoms with E-state index in [1.165, 1.54) is 39.3 Å². The number of hydrogen-bond acceptors (Lipinski definition) is 6. The van der Waals surface area contributed by atoms with Gasteiger partial charge in [0.25, 0.3) is 0 Å². The van der Waals surface area contributed by atoms with Gasteiger partial charge < -0.3 is 14.9 Å². The lowest BCUT2D eigenvalue weighted by molar-refractivity contribution is -0.136. The van der Waals surface area contributed by atoms with E-state index in [-0.39, 0.29) is 42.8 Å². The molecule has 34 heavy (non-hydrogen) atoms. The number of carboxylic acids is 1. The zero-order valence-electron chi connectivity index (χ0n) is 18.8. The first-order valence-electron chi connectivity index (χ1n) is 10.9. The topological polar surface area (TPSA) is 122 Å². The highest BCUT2D eigenvalue weighted by Gasteiger charge is 2.41. The molecule has 0 spiro atoms. The summed E-state index contributed by atoms with van der Waals surface area (Å²) in [6.07, 6.45) is -0.412. The largest absolute Gasteiger partial charge is 0.491 e. The molecule has 0 amide bonds. The minimum Gasteiger partial charge on any atom is -0.491 e. The molecule has 0 radical (unpaired) electrons. The second-order valence-electron chi connectivity index (χ2n) is 8.59. The van der Waals surface area contributed by atoms with Gasteiger partial charge in [-0.25, -0.2) is 12.8 Å². The minimum absolute atomic E-state index is 0.00237. The molecule has 1 saturated heterocycles. The van der Waals surface area contributed by atoms with Gasteiger partial charge in [0, 0.05) is 31.0 Å². The lowest BCUT2D eigenvalue weighted by atomic mass is 10.1. The zero-order chi connectivity index (χ0) is 24.6. The van der Waals surface area contributed by atoms with E-state index >= 15 is 0 Å². The van der Waals surface area contributed by atoms with Gasteiger partial charge in [0.15, 0.2) is 0 Å². The van der Waals surface area contributed by atoms with E-state index in [2.05, 4.69) is 5.10 Å². The molecule has 0 unspecified atom stereocenters. The van der Waals surface area contributed by atoms with Crippen molar-refractivity contribution in [3.8, 4) is 5.75 Å². The average Bonchev–Trinajstić information content (AvgIpc) is 3.35. The number of nitrogens with zero attached hydrogens (tertiary/aromatic N) is 3. The first-order chi connectivity index (χ1) is 16.1. The number of carbonyl (C=O) groups is 1. The van der Waals surface area contributed by atoms with Crippen LogP contribution in [0.15, 0.2) is 47.4 Å². The van der Waals surface area contributed by atoms with Crippen molar-refractivity contribution in [1.82, 2.24) is 14.1 Å². The average molecular weight is 492 g/mol. The van der Waals surface area contributed by atoms with E-state index in [0.717, 1.165) is 0 Å². The van der Waals surface area contributed by atoms with E-state index in [9.17, 15) is 27.8 Å². The monoisotopic (exact) mass is 491 g/mol. The van der Waals surface area contributed by atoms with Crippen LogP contribution in [-0.4, -0.2) is 64.5 Å². The third kappa shape index (κ3) is 4.63. The number of aliphatic carboxylic acids is 1. The molecule has 2 heterocycles. The molecule has 1 aliphatic heterocycles. The van der Waals surface area contributed by atoms with Crippen LogP contribution in [0.2, 0.25) is 0 Å². The maximum absolute atomic E-state index is 14.0. The van der Waals surface area contributed by atoms with Crippen molar-refractivity contribution in [2.24, 2.45) is 5.92 Å². The Balaban J connectivity index is 1.67. The van der Waals surface area contributed by atoms with Crippen molar-refractivity contribution < 1.29 is 32.6 Å². The number of hydrogen-bond donors (Lipinski definition) is 2. The van der Waals surface area contributed by atoms with Gasteiger partial charge in [-0.05, 0) is 56.3 Å². The van der Waals surface area contributed by atoms with Gasteiger partial charge in [-0.1, -0.05) is 0 Å². The Kier molecular flexibility index (Phi) is 6.61. The van der Waals surface area contributed by atoms with Crippen molar-refractivity contribution in [2.75, 3.05) is 19.7 Å². The van der Waals surface area contributed by atoms with Crippen LogP contribution in [0, 0.1) is 11.7 Å². The summed E-state index contributed by atoms with van der Waals surface area (Å²) in [6, 6.07) is 9.45. The molecule has 11 heteroatoms. The zero-order valence-corrected chi connectivity index (χ0v) is 19.6. The molecule has 2 aromatic carbocycles. The minimum atomic E-state index is -3.88. The number of ether oxygens (including phenoxy) is 1. The molecule has 3 aromatic rings. The van der Waals surface area contributed by atoms with Gasteiger partial charge in [-0.15, -0.1) is 0 Å². The first-order valence-corrected chi connectivity index (χ1v) is 12.3. The smallest absolute Gasteiger partial charge is 0.309 e. The van der Waals surface area contributed by atoms with Gasteiger partial charge in [0.1, 0.15) is 11.6 Å². The van der Waals surface area contributed by atoms with Gasteiger partial charge in [-0.3, -0.25) is 9.48 Å². The fraction of sp³-hybridized carbons (Fsp3) is 0.391. The van der Waals surface area contributed by atoms with Crippen molar-refractivity contribution >= 4 is 26.9 Å². The molecular weight excluding hydrogens is 465 g/mol. The van der Waals surface area contributed by atoms with Crippen LogP contribution < -0.4 is 4.74 Å². The number of sulfonamides is 1. The summed E-state index contributed by atoms with van der Waals surface area (Å²) in [7, 11) is -3.88. The molecule has 0 bridgehead atoms. The Morgan fingerprint density at radius 3 is 2.53 bits per heavy atom. The summed E-state index contributed by atoms with van der Waals surface area (Å²) < 4.78 is 48.9. The van der Waals surface area contributed by atoms with Gasteiger partial charge >= 0.3 is 5.97 Å². The van der Waals surface area contributed by atoms with E-state index in [0.29, 0.717) is 16.7 Å². The van der Waals surface area contributed by atoms with Crippen molar-refractivity contribution in [3.63, 3.8) is 0 Å². The second-order valence-corrected chi connectivity index (χ2v) is 10.5. The van der Waals surface area contributed by atoms with Crippen LogP contribution in [0.1, 0.15) is 25.6 Å².